The van der Waals surface area contributed by atoms with E-state index in [4.69, 9.17) is 5.11 Å². The van der Waals surface area contributed by atoms with Crippen molar-refractivity contribution < 1.29 is 14.7 Å². The van der Waals surface area contributed by atoms with Crippen LogP contribution in [0.15, 0.2) is 0 Å². The van der Waals surface area contributed by atoms with Gasteiger partial charge in [0.25, 0.3) is 0 Å². The number of aliphatic carboxylic acids is 1. The van der Waals surface area contributed by atoms with Gasteiger partial charge in [0.15, 0.2) is 0 Å². The Morgan fingerprint density at radius 2 is 2.12 bits per heavy atom. The molecule has 2 atom stereocenters. The summed E-state index contributed by atoms with van der Waals surface area (Å²) in [6, 6.07) is -0.602. The summed E-state index contributed by atoms with van der Waals surface area (Å²) < 4.78 is 0. The summed E-state index contributed by atoms with van der Waals surface area (Å²) in [5.74, 6) is 0.235. The maximum Gasteiger partial charge on any atom is 0.327 e. The highest BCUT2D eigenvalue weighted by atomic mass is 32.2. The molecule has 0 bridgehead atoms. The molecule has 4 nitrogen and oxygen atoms in total. The Bertz CT molecular complexity index is 304. The molecule has 2 fully saturated rings. The molecule has 0 aromatic heterocycles. The summed E-state index contributed by atoms with van der Waals surface area (Å²) in [5.41, 5.74) is 0. The number of carboxylic acid groups (broad SMARTS) is 1. The third kappa shape index (κ3) is 2.19. The Labute approximate surface area is 99.4 Å². The Hall–Kier alpha value is -0.710. The fraction of sp³-hybridized carbons (Fsp3) is 0.818. The van der Waals surface area contributed by atoms with Gasteiger partial charge in [-0.15, -0.1) is 11.8 Å². The molecule has 1 aliphatic carbocycles. The van der Waals surface area contributed by atoms with E-state index < -0.39 is 12.0 Å². The predicted molar refractivity (Wildman–Crippen MR) is 62.1 cm³/mol. The molecule has 0 radical (unpaired) electrons. The zero-order valence-corrected chi connectivity index (χ0v) is 10.2. The van der Waals surface area contributed by atoms with Gasteiger partial charge in [-0.2, -0.15) is 0 Å². The average Bonchev–Trinajstić information content (AvgIpc) is 2.97. The van der Waals surface area contributed by atoms with E-state index in [2.05, 4.69) is 0 Å². The van der Waals surface area contributed by atoms with Crippen molar-refractivity contribution in [2.24, 2.45) is 5.92 Å². The molecule has 1 aliphatic heterocycles. The molecule has 16 heavy (non-hydrogen) atoms. The number of hydrogen-bond acceptors (Lipinski definition) is 3. The van der Waals surface area contributed by atoms with E-state index in [-0.39, 0.29) is 11.3 Å². The minimum absolute atomic E-state index is 0.0109. The minimum Gasteiger partial charge on any atom is -0.480 e. The van der Waals surface area contributed by atoms with Crippen LogP contribution in [-0.4, -0.2) is 39.1 Å². The SMILES string of the molecule is CCCC(=O)N1C(C(=O)O)CSC1C1CC1. The van der Waals surface area contributed by atoms with Crippen molar-refractivity contribution in [2.45, 2.75) is 44.0 Å². The first-order chi connectivity index (χ1) is 7.65. The highest BCUT2D eigenvalue weighted by molar-refractivity contribution is 8.00. The van der Waals surface area contributed by atoms with Crippen LogP contribution in [-0.2, 0) is 9.59 Å². The molecule has 0 aromatic rings. The van der Waals surface area contributed by atoms with Gasteiger partial charge in [0.1, 0.15) is 6.04 Å². The molecular weight excluding hydrogens is 226 g/mol. The van der Waals surface area contributed by atoms with Gasteiger partial charge in [0.05, 0.1) is 5.37 Å². The topological polar surface area (TPSA) is 57.6 Å². The van der Waals surface area contributed by atoms with Crippen molar-refractivity contribution in [1.29, 1.82) is 0 Å². The molecule has 1 N–H and O–H groups in total. The number of hydrogen-bond donors (Lipinski definition) is 1. The van der Waals surface area contributed by atoms with Gasteiger partial charge in [-0.3, -0.25) is 4.79 Å². The number of thioether (sulfide) groups is 1. The van der Waals surface area contributed by atoms with Crippen LogP contribution in [0.1, 0.15) is 32.6 Å². The number of carbonyl (C=O) groups excluding carboxylic acids is 1. The van der Waals surface area contributed by atoms with Crippen molar-refractivity contribution in [2.75, 3.05) is 5.75 Å². The summed E-state index contributed by atoms with van der Waals surface area (Å²) in [4.78, 5) is 24.7. The summed E-state index contributed by atoms with van der Waals surface area (Å²) in [7, 11) is 0. The van der Waals surface area contributed by atoms with Crippen molar-refractivity contribution in [3.63, 3.8) is 0 Å². The second kappa shape index (κ2) is 4.65. The molecular formula is C11H17NO3S. The van der Waals surface area contributed by atoms with Crippen LogP contribution in [0.3, 0.4) is 0 Å². The largest absolute Gasteiger partial charge is 0.480 e. The van der Waals surface area contributed by atoms with Crippen molar-refractivity contribution in [3.05, 3.63) is 0 Å². The number of rotatable bonds is 4. The van der Waals surface area contributed by atoms with Crippen LogP contribution in [0, 0.1) is 5.92 Å². The van der Waals surface area contributed by atoms with E-state index in [9.17, 15) is 9.59 Å². The highest BCUT2D eigenvalue weighted by Crippen LogP contribution is 2.45. The van der Waals surface area contributed by atoms with E-state index in [1.807, 2.05) is 6.92 Å². The molecule has 1 saturated carbocycles. The van der Waals surface area contributed by atoms with Crippen LogP contribution in [0.5, 0.6) is 0 Å². The lowest BCUT2D eigenvalue weighted by Gasteiger charge is -2.27. The van der Waals surface area contributed by atoms with E-state index in [1.54, 1.807) is 16.7 Å². The Kier molecular flexibility index (Phi) is 3.42. The first-order valence-electron chi connectivity index (χ1n) is 5.80. The second-order valence-electron chi connectivity index (χ2n) is 4.47. The van der Waals surface area contributed by atoms with Crippen LogP contribution < -0.4 is 0 Å². The molecule has 1 saturated heterocycles. The summed E-state index contributed by atoms with van der Waals surface area (Å²) >= 11 is 1.64. The van der Waals surface area contributed by atoms with Gasteiger partial charge >= 0.3 is 5.97 Å². The molecule has 2 unspecified atom stereocenters. The second-order valence-corrected chi connectivity index (χ2v) is 5.62. The fourth-order valence-electron chi connectivity index (χ4n) is 2.12. The first kappa shape index (κ1) is 11.8. The lowest BCUT2D eigenvalue weighted by Crippen LogP contribution is -2.46. The third-order valence-corrected chi connectivity index (χ3v) is 4.56. The Balaban J connectivity index is 2.10. The maximum atomic E-state index is 12.0. The average molecular weight is 243 g/mol. The van der Waals surface area contributed by atoms with Gasteiger partial charge in [0, 0.05) is 12.2 Å². The lowest BCUT2D eigenvalue weighted by molar-refractivity contribution is -0.149. The predicted octanol–water partition coefficient (Wildman–Crippen LogP) is 1.55. The van der Waals surface area contributed by atoms with Crippen LogP contribution in [0.4, 0.5) is 0 Å². The van der Waals surface area contributed by atoms with E-state index in [0.717, 1.165) is 19.3 Å². The number of carbonyl (C=O) groups is 2. The van der Waals surface area contributed by atoms with Gasteiger partial charge in [0.2, 0.25) is 5.91 Å². The Morgan fingerprint density at radius 3 is 2.62 bits per heavy atom. The first-order valence-corrected chi connectivity index (χ1v) is 6.85. The van der Waals surface area contributed by atoms with Crippen LogP contribution >= 0.6 is 11.8 Å². The molecule has 90 valence electrons. The molecule has 2 rings (SSSR count). The smallest absolute Gasteiger partial charge is 0.327 e. The summed E-state index contributed by atoms with van der Waals surface area (Å²) in [5, 5.41) is 9.24. The standard InChI is InChI=1S/C11H17NO3S/c1-2-3-9(13)12-8(11(14)15)6-16-10(12)7-4-5-7/h7-8,10H,2-6H2,1H3,(H,14,15). The zero-order valence-electron chi connectivity index (χ0n) is 9.39. The molecule has 5 heteroatoms. The van der Waals surface area contributed by atoms with E-state index in [0.29, 0.717) is 18.1 Å². The maximum absolute atomic E-state index is 12.0. The van der Waals surface area contributed by atoms with Gasteiger partial charge in [-0.1, -0.05) is 6.92 Å². The molecule has 2 aliphatic rings. The summed E-state index contributed by atoms with van der Waals surface area (Å²) in [6.07, 6.45) is 3.52. The highest BCUT2D eigenvalue weighted by Gasteiger charge is 2.47. The minimum atomic E-state index is -0.861. The van der Waals surface area contributed by atoms with Crippen molar-refractivity contribution >= 4 is 23.6 Å². The lowest BCUT2D eigenvalue weighted by atomic mass is 10.2. The van der Waals surface area contributed by atoms with Crippen molar-refractivity contribution in [1.82, 2.24) is 4.90 Å². The van der Waals surface area contributed by atoms with E-state index >= 15 is 0 Å². The van der Waals surface area contributed by atoms with Gasteiger partial charge in [-0.25, -0.2) is 4.79 Å². The zero-order chi connectivity index (χ0) is 11.7. The number of nitrogens with zero attached hydrogens (tertiary/aromatic N) is 1. The Morgan fingerprint density at radius 1 is 1.44 bits per heavy atom. The molecule has 0 spiro atoms. The molecule has 1 heterocycles. The molecule has 0 aromatic carbocycles. The normalized spacial score (nSPS) is 29.4. The quantitative estimate of drug-likeness (QED) is 0.814. The third-order valence-electron chi connectivity index (χ3n) is 3.10. The van der Waals surface area contributed by atoms with Gasteiger partial charge < -0.3 is 10.0 Å². The monoisotopic (exact) mass is 243 g/mol. The van der Waals surface area contributed by atoms with Gasteiger partial charge in [-0.05, 0) is 25.2 Å². The van der Waals surface area contributed by atoms with E-state index in [1.165, 1.54) is 0 Å². The summed E-state index contributed by atoms with van der Waals surface area (Å²) in [6.45, 7) is 1.95. The number of amides is 1. The fourth-order valence-corrected chi connectivity index (χ4v) is 3.77. The van der Waals surface area contributed by atoms with Crippen LogP contribution in [0.2, 0.25) is 0 Å². The molecule has 1 amide bonds. The van der Waals surface area contributed by atoms with Crippen LogP contribution in [0.25, 0.3) is 0 Å². The number of carboxylic acids is 1. The van der Waals surface area contributed by atoms with Crippen molar-refractivity contribution in [3.8, 4) is 0 Å².